The Morgan fingerprint density at radius 2 is 1.29 bits per heavy atom. The van der Waals surface area contributed by atoms with E-state index in [2.05, 4.69) is 0 Å². The Labute approximate surface area is 104 Å². The molecule has 0 saturated heterocycles. The van der Waals surface area contributed by atoms with Crippen molar-refractivity contribution in [2.75, 3.05) is 41.4 Å². The predicted octanol–water partition coefficient (Wildman–Crippen LogP) is 1.66. The van der Waals surface area contributed by atoms with Gasteiger partial charge in [0.2, 0.25) is 0 Å². The van der Waals surface area contributed by atoms with E-state index in [4.69, 9.17) is 28.4 Å². The van der Waals surface area contributed by atoms with Gasteiger partial charge in [-0.1, -0.05) is 0 Å². The van der Waals surface area contributed by atoms with E-state index in [-0.39, 0.29) is 27.2 Å². The van der Waals surface area contributed by atoms with Gasteiger partial charge in [0.05, 0.1) is 0 Å². The van der Waals surface area contributed by atoms with E-state index in [9.17, 15) is 0 Å². The van der Waals surface area contributed by atoms with Crippen LogP contribution in [0.2, 0.25) is 0 Å². The van der Waals surface area contributed by atoms with E-state index in [0.717, 1.165) is 0 Å². The minimum absolute atomic E-state index is 0.111. The maximum Gasteiger partial charge on any atom is 0.191 e. The molecule has 1 rings (SSSR count). The summed E-state index contributed by atoms with van der Waals surface area (Å²) < 4.78 is 30.1. The summed E-state index contributed by atoms with van der Waals surface area (Å²) in [4.78, 5) is 0. The minimum atomic E-state index is 0.111. The van der Waals surface area contributed by atoms with Crippen molar-refractivity contribution in [2.24, 2.45) is 0 Å². The van der Waals surface area contributed by atoms with Crippen molar-refractivity contribution in [3.8, 4) is 11.5 Å². The molecule has 0 radical (unpaired) electrons. The largest absolute Gasteiger partial charge is 0.463 e. The van der Waals surface area contributed by atoms with Crippen LogP contribution < -0.4 is 9.47 Å². The summed E-state index contributed by atoms with van der Waals surface area (Å²) in [5.74, 6) is 1.24. The summed E-state index contributed by atoms with van der Waals surface area (Å²) in [6, 6.07) is 0. The molecule has 1 aromatic heterocycles. The molecule has 0 aliphatic heterocycles. The molecule has 0 spiro atoms. The highest BCUT2D eigenvalue weighted by atomic mass is 32.1. The molecule has 0 N–H and O–H groups in total. The third-order valence-corrected chi connectivity index (χ3v) is 2.29. The number of rotatable bonds is 10. The lowest BCUT2D eigenvalue weighted by Gasteiger charge is -2.09. The van der Waals surface area contributed by atoms with Crippen LogP contribution in [-0.2, 0) is 18.9 Å². The summed E-state index contributed by atoms with van der Waals surface area (Å²) >= 11 is 1.47. The average molecular weight is 264 g/mol. The van der Waals surface area contributed by atoms with E-state index in [1.165, 1.54) is 11.3 Å². The van der Waals surface area contributed by atoms with Gasteiger partial charge in [-0.25, -0.2) is 0 Å². The molecule has 17 heavy (non-hydrogen) atoms. The van der Waals surface area contributed by atoms with Crippen LogP contribution in [0.25, 0.3) is 0 Å². The lowest BCUT2D eigenvalue weighted by molar-refractivity contribution is -0.0909. The van der Waals surface area contributed by atoms with Crippen molar-refractivity contribution in [3.63, 3.8) is 0 Å². The highest BCUT2D eigenvalue weighted by Gasteiger charge is 2.06. The van der Waals surface area contributed by atoms with E-state index < -0.39 is 0 Å². The number of hydrogen-bond donors (Lipinski definition) is 0. The quantitative estimate of drug-likeness (QED) is 0.473. The van der Waals surface area contributed by atoms with Crippen molar-refractivity contribution >= 4 is 11.3 Å². The van der Waals surface area contributed by atoms with Crippen LogP contribution >= 0.6 is 11.3 Å². The highest BCUT2D eigenvalue weighted by Crippen LogP contribution is 2.31. The molecule has 0 fully saturated rings. The van der Waals surface area contributed by atoms with Gasteiger partial charge < -0.3 is 28.4 Å². The Hall–Kier alpha value is -0.860. The summed E-state index contributed by atoms with van der Waals surface area (Å²) in [5.41, 5.74) is 0. The fourth-order valence-corrected chi connectivity index (χ4v) is 1.61. The van der Waals surface area contributed by atoms with Crippen LogP contribution in [0.3, 0.4) is 0 Å². The maximum atomic E-state index is 5.33. The average Bonchev–Trinajstić information content (AvgIpc) is 2.78. The second kappa shape index (κ2) is 9.20. The van der Waals surface area contributed by atoms with Gasteiger partial charge in [-0.15, -0.1) is 11.3 Å². The van der Waals surface area contributed by atoms with Gasteiger partial charge >= 0.3 is 0 Å². The van der Waals surface area contributed by atoms with Gasteiger partial charge in [0.15, 0.2) is 25.1 Å². The molecule has 7 heteroatoms. The van der Waals surface area contributed by atoms with Crippen LogP contribution in [0, 0.1) is 0 Å². The van der Waals surface area contributed by atoms with E-state index >= 15 is 0 Å². The Morgan fingerprint density at radius 3 is 1.71 bits per heavy atom. The molecule has 0 saturated carbocycles. The standard InChI is InChI=1S/C10H16O6S/c1-11-5-13-7-15-9-3-17-4-10(9)16-8-14-6-12-2/h3-4H,5-8H2,1-2H3. The zero-order valence-corrected chi connectivity index (χ0v) is 10.7. The molecule has 0 unspecified atom stereocenters. The molecule has 0 aliphatic carbocycles. The molecule has 6 nitrogen and oxygen atoms in total. The van der Waals surface area contributed by atoms with Crippen LogP contribution in [0.1, 0.15) is 0 Å². The Morgan fingerprint density at radius 1 is 0.824 bits per heavy atom. The molecule has 1 aromatic rings. The van der Waals surface area contributed by atoms with Gasteiger partial charge in [-0.05, 0) is 0 Å². The lowest BCUT2D eigenvalue weighted by Crippen LogP contribution is -2.07. The number of hydrogen-bond acceptors (Lipinski definition) is 7. The third-order valence-electron chi connectivity index (χ3n) is 1.59. The first kappa shape index (κ1) is 14.2. The summed E-state index contributed by atoms with van der Waals surface area (Å²) in [6.45, 7) is 0.605. The Kier molecular flexibility index (Phi) is 7.69. The second-order valence-corrected chi connectivity index (χ2v) is 3.59. The number of thiophene rings is 1. The Bertz CT molecular complexity index is 264. The normalized spacial score (nSPS) is 10.5. The van der Waals surface area contributed by atoms with E-state index in [1.54, 1.807) is 14.2 Å². The zero-order valence-electron chi connectivity index (χ0n) is 9.84. The van der Waals surface area contributed by atoms with E-state index in [0.29, 0.717) is 11.5 Å². The minimum Gasteiger partial charge on any atom is -0.463 e. The monoisotopic (exact) mass is 264 g/mol. The molecule has 0 aromatic carbocycles. The Balaban J connectivity index is 2.22. The molecular weight excluding hydrogens is 248 g/mol. The predicted molar refractivity (Wildman–Crippen MR) is 61.2 cm³/mol. The topological polar surface area (TPSA) is 55.4 Å². The lowest BCUT2D eigenvalue weighted by atomic mass is 10.5. The molecule has 0 bridgehead atoms. The molecule has 0 amide bonds. The van der Waals surface area contributed by atoms with Gasteiger partial charge in [0, 0.05) is 25.0 Å². The van der Waals surface area contributed by atoms with Crippen LogP contribution in [-0.4, -0.2) is 41.4 Å². The zero-order chi connectivity index (χ0) is 12.3. The van der Waals surface area contributed by atoms with Crippen molar-refractivity contribution in [1.29, 1.82) is 0 Å². The maximum absolute atomic E-state index is 5.33. The number of ether oxygens (including phenoxy) is 6. The van der Waals surface area contributed by atoms with Crippen molar-refractivity contribution in [2.45, 2.75) is 0 Å². The molecule has 98 valence electrons. The van der Waals surface area contributed by atoms with Gasteiger partial charge in [0.1, 0.15) is 13.6 Å². The van der Waals surface area contributed by atoms with Gasteiger partial charge in [0.25, 0.3) is 0 Å². The molecular formula is C10H16O6S. The van der Waals surface area contributed by atoms with Gasteiger partial charge in [-0.2, -0.15) is 0 Å². The summed E-state index contributed by atoms with van der Waals surface area (Å²) in [7, 11) is 3.10. The number of methoxy groups -OCH3 is 2. The van der Waals surface area contributed by atoms with Crippen LogP contribution in [0.5, 0.6) is 11.5 Å². The first-order chi connectivity index (χ1) is 8.38. The van der Waals surface area contributed by atoms with Crippen molar-refractivity contribution in [1.82, 2.24) is 0 Å². The fraction of sp³-hybridized carbons (Fsp3) is 0.600. The molecule has 0 aliphatic rings. The summed E-state index contributed by atoms with van der Waals surface area (Å²) in [6.07, 6.45) is 0. The van der Waals surface area contributed by atoms with Crippen molar-refractivity contribution < 1.29 is 28.4 Å². The first-order valence-corrected chi connectivity index (χ1v) is 5.78. The van der Waals surface area contributed by atoms with Crippen LogP contribution in [0.4, 0.5) is 0 Å². The molecule has 0 atom stereocenters. The van der Waals surface area contributed by atoms with Crippen LogP contribution in [0.15, 0.2) is 10.8 Å². The summed E-state index contributed by atoms with van der Waals surface area (Å²) in [5, 5.41) is 3.64. The van der Waals surface area contributed by atoms with E-state index in [1.807, 2.05) is 10.8 Å². The molecule has 1 heterocycles. The van der Waals surface area contributed by atoms with Crippen molar-refractivity contribution in [3.05, 3.63) is 10.8 Å². The highest BCUT2D eigenvalue weighted by molar-refractivity contribution is 7.08. The van der Waals surface area contributed by atoms with Gasteiger partial charge in [-0.3, -0.25) is 0 Å². The third kappa shape index (κ3) is 5.85. The SMILES string of the molecule is COCOCOc1cscc1OCOCOC. The smallest absolute Gasteiger partial charge is 0.191 e. The fourth-order valence-electron chi connectivity index (χ4n) is 0.929. The second-order valence-electron chi connectivity index (χ2n) is 2.85. The first-order valence-electron chi connectivity index (χ1n) is 4.83.